The summed E-state index contributed by atoms with van der Waals surface area (Å²) in [6, 6.07) is 19.2. The second-order valence-electron chi connectivity index (χ2n) is 6.26. The molecule has 5 nitrogen and oxygen atoms in total. The van der Waals surface area contributed by atoms with Gasteiger partial charge in [0.25, 0.3) is 11.8 Å². The van der Waals surface area contributed by atoms with E-state index in [0.717, 1.165) is 21.9 Å². The molecule has 3 rings (SSSR count). The highest BCUT2D eigenvalue weighted by Crippen LogP contribution is 2.28. The predicted molar refractivity (Wildman–Crippen MR) is 102 cm³/mol. The van der Waals surface area contributed by atoms with Crippen LogP contribution in [-0.2, 0) is 4.79 Å². The van der Waals surface area contributed by atoms with E-state index >= 15 is 0 Å². The summed E-state index contributed by atoms with van der Waals surface area (Å²) in [6.07, 6.45) is 0. The van der Waals surface area contributed by atoms with Crippen LogP contribution in [0.4, 0.5) is 0 Å². The van der Waals surface area contributed by atoms with Gasteiger partial charge in [-0.2, -0.15) is 0 Å². The molecule has 3 aromatic carbocycles. The smallest absolute Gasteiger partial charge is 0.255 e. The molecule has 0 saturated heterocycles. The van der Waals surface area contributed by atoms with Crippen LogP contribution in [0, 0.1) is 0 Å². The van der Waals surface area contributed by atoms with Crippen LogP contribution < -0.4 is 10.5 Å². The molecule has 5 heteroatoms. The summed E-state index contributed by atoms with van der Waals surface area (Å²) in [7, 11) is 3.47. The maximum atomic E-state index is 12.2. The number of benzene rings is 3. The number of nitrogens with two attached hydrogens (primary N) is 1. The minimum absolute atomic E-state index is 0.0326. The van der Waals surface area contributed by atoms with Crippen molar-refractivity contribution in [2.24, 2.45) is 5.73 Å². The molecule has 0 aromatic heterocycles. The largest absolute Gasteiger partial charge is 0.484 e. The van der Waals surface area contributed by atoms with Crippen LogP contribution in [0.2, 0.25) is 0 Å². The molecule has 0 heterocycles. The summed E-state index contributed by atoms with van der Waals surface area (Å²) in [5.41, 5.74) is 7.72. The third kappa shape index (κ3) is 3.83. The van der Waals surface area contributed by atoms with Gasteiger partial charge in [0.2, 0.25) is 0 Å². The second-order valence-corrected chi connectivity index (χ2v) is 6.26. The Bertz CT molecular complexity index is 980. The Morgan fingerprint density at radius 2 is 1.65 bits per heavy atom. The van der Waals surface area contributed by atoms with Gasteiger partial charge in [-0.25, -0.2) is 0 Å². The van der Waals surface area contributed by atoms with Gasteiger partial charge in [-0.05, 0) is 52.2 Å². The van der Waals surface area contributed by atoms with Crippen LogP contribution in [0.15, 0.2) is 60.7 Å². The third-order valence-electron chi connectivity index (χ3n) is 4.04. The maximum Gasteiger partial charge on any atom is 0.255 e. The monoisotopic (exact) mass is 348 g/mol. The minimum atomic E-state index is -0.513. The van der Waals surface area contributed by atoms with Crippen LogP contribution in [-0.4, -0.2) is 37.4 Å². The molecule has 0 bridgehead atoms. The standard InChI is InChI=1S/C21H20N2O3/c1-23(2)21(25)17-5-3-4-15(10-17)16-7-6-14-8-9-19(12-18(14)11-16)26-13-20(22)24/h3-12H,13H2,1-2H3,(H2,22,24). The normalized spacial score (nSPS) is 10.5. The topological polar surface area (TPSA) is 72.6 Å². The van der Waals surface area contributed by atoms with Gasteiger partial charge in [0.15, 0.2) is 6.61 Å². The highest BCUT2D eigenvalue weighted by molar-refractivity contribution is 5.96. The molecule has 26 heavy (non-hydrogen) atoms. The lowest BCUT2D eigenvalue weighted by Crippen LogP contribution is -2.21. The lowest BCUT2D eigenvalue weighted by Gasteiger charge is -2.12. The number of fused-ring (bicyclic) bond motifs is 1. The predicted octanol–water partition coefficient (Wildman–Crippen LogP) is 3.07. The van der Waals surface area contributed by atoms with Crippen molar-refractivity contribution < 1.29 is 14.3 Å². The zero-order chi connectivity index (χ0) is 18.7. The summed E-state index contributed by atoms with van der Waals surface area (Å²) >= 11 is 0. The fourth-order valence-electron chi connectivity index (χ4n) is 2.74. The van der Waals surface area contributed by atoms with Crippen LogP contribution in [0.3, 0.4) is 0 Å². The summed E-state index contributed by atoms with van der Waals surface area (Å²) in [4.78, 5) is 24.6. The Morgan fingerprint density at radius 1 is 0.923 bits per heavy atom. The molecule has 0 aliphatic rings. The SMILES string of the molecule is CN(C)C(=O)c1cccc(-c2ccc3ccc(OCC(N)=O)cc3c2)c1. The molecule has 0 unspecified atom stereocenters. The van der Waals surface area contributed by atoms with Crippen LogP contribution in [0.5, 0.6) is 5.75 Å². The highest BCUT2D eigenvalue weighted by atomic mass is 16.5. The number of hydrogen-bond acceptors (Lipinski definition) is 3. The van der Waals surface area contributed by atoms with E-state index in [1.807, 2.05) is 54.6 Å². The van der Waals surface area contributed by atoms with Gasteiger partial charge >= 0.3 is 0 Å². The minimum Gasteiger partial charge on any atom is -0.484 e. The van der Waals surface area contributed by atoms with E-state index < -0.39 is 5.91 Å². The quantitative estimate of drug-likeness (QED) is 0.770. The van der Waals surface area contributed by atoms with Gasteiger partial charge < -0.3 is 15.4 Å². The zero-order valence-electron chi connectivity index (χ0n) is 14.7. The van der Waals surface area contributed by atoms with Crippen molar-refractivity contribution in [3.8, 4) is 16.9 Å². The molecule has 2 N–H and O–H groups in total. The molecular formula is C21H20N2O3. The summed E-state index contributed by atoms with van der Waals surface area (Å²) in [5, 5.41) is 2.04. The second kappa shape index (κ2) is 7.27. The molecule has 3 aromatic rings. The highest BCUT2D eigenvalue weighted by Gasteiger charge is 2.09. The average Bonchev–Trinajstić information content (AvgIpc) is 2.65. The number of carbonyl (C=O) groups excluding carboxylic acids is 2. The fourth-order valence-corrected chi connectivity index (χ4v) is 2.74. The van der Waals surface area contributed by atoms with Crippen LogP contribution in [0.25, 0.3) is 21.9 Å². The first-order chi connectivity index (χ1) is 12.4. The van der Waals surface area contributed by atoms with Crippen LogP contribution >= 0.6 is 0 Å². The van der Waals surface area contributed by atoms with Gasteiger partial charge in [-0.1, -0.05) is 30.3 Å². The summed E-state index contributed by atoms with van der Waals surface area (Å²) in [5.74, 6) is 0.0426. The average molecular weight is 348 g/mol. The van der Waals surface area contributed by atoms with Gasteiger partial charge in [0, 0.05) is 19.7 Å². The first-order valence-electron chi connectivity index (χ1n) is 8.21. The number of primary amides is 1. The van der Waals surface area contributed by atoms with E-state index in [1.165, 1.54) is 0 Å². The summed E-state index contributed by atoms with van der Waals surface area (Å²) < 4.78 is 5.37. The molecule has 0 saturated carbocycles. The Labute approximate surface area is 152 Å². The van der Waals surface area contributed by atoms with Crippen molar-refractivity contribution in [3.63, 3.8) is 0 Å². The lowest BCUT2D eigenvalue weighted by atomic mass is 9.99. The Balaban J connectivity index is 1.96. The molecule has 0 aliphatic carbocycles. The fraction of sp³-hybridized carbons (Fsp3) is 0.143. The first kappa shape index (κ1) is 17.5. The van der Waals surface area contributed by atoms with E-state index in [-0.39, 0.29) is 12.5 Å². The lowest BCUT2D eigenvalue weighted by molar-refractivity contribution is -0.119. The van der Waals surface area contributed by atoms with E-state index in [2.05, 4.69) is 0 Å². The number of amides is 2. The number of nitrogens with zero attached hydrogens (tertiary/aromatic N) is 1. The molecule has 0 fully saturated rings. The molecule has 0 radical (unpaired) electrons. The van der Waals surface area contributed by atoms with Crippen molar-refractivity contribution in [2.75, 3.05) is 20.7 Å². The Kier molecular flexibility index (Phi) is 4.89. The van der Waals surface area contributed by atoms with Gasteiger partial charge in [-0.3, -0.25) is 9.59 Å². The third-order valence-corrected chi connectivity index (χ3v) is 4.04. The van der Waals surface area contributed by atoms with Crippen LogP contribution in [0.1, 0.15) is 10.4 Å². The van der Waals surface area contributed by atoms with Crippen molar-refractivity contribution in [1.29, 1.82) is 0 Å². The van der Waals surface area contributed by atoms with E-state index in [4.69, 9.17) is 10.5 Å². The summed E-state index contributed by atoms with van der Waals surface area (Å²) in [6.45, 7) is -0.153. The maximum absolute atomic E-state index is 12.2. The van der Waals surface area contributed by atoms with Crippen molar-refractivity contribution in [2.45, 2.75) is 0 Å². The Morgan fingerprint density at radius 3 is 2.38 bits per heavy atom. The molecule has 132 valence electrons. The van der Waals surface area contributed by atoms with Crippen molar-refractivity contribution >= 4 is 22.6 Å². The number of rotatable bonds is 5. The van der Waals surface area contributed by atoms with Gasteiger partial charge in [-0.15, -0.1) is 0 Å². The number of hydrogen-bond donors (Lipinski definition) is 1. The molecule has 0 spiro atoms. The molecular weight excluding hydrogens is 328 g/mol. The van der Waals surface area contributed by atoms with Gasteiger partial charge in [0.05, 0.1) is 0 Å². The molecule has 0 atom stereocenters. The molecule has 0 aliphatic heterocycles. The first-order valence-corrected chi connectivity index (χ1v) is 8.21. The van der Waals surface area contributed by atoms with E-state index in [1.54, 1.807) is 25.1 Å². The number of ether oxygens (including phenoxy) is 1. The van der Waals surface area contributed by atoms with Crippen molar-refractivity contribution in [1.82, 2.24) is 4.90 Å². The Hall–Kier alpha value is -3.34. The van der Waals surface area contributed by atoms with E-state index in [9.17, 15) is 9.59 Å². The van der Waals surface area contributed by atoms with E-state index in [0.29, 0.717) is 11.3 Å². The van der Waals surface area contributed by atoms with Gasteiger partial charge in [0.1, 0.15) is 5.75 Å². The molecule has 2 amide bonds. The van der Waals surface area contributed by atoms with Crippen molar-refractivity contribution in [3.05, 3.63) is 66.2 Å². The number of carbonyl (C=O) groups is 2. The zero-order valence-corrected chi connectivity index (χ0v) is 14.7.